The standard InChI is InChI=1S/C12H25NO4/c1-15-7-8-16-5-2-6-17-11-3-4-12(13,9-11)10-14/h11,14H,2-10,13H2,1H3. The summed E-state index contributed by atoms with van der Waals surface area (Å²) in [4.78, 5) is 0. The van der Waals surface area contributed by atoms with E-state index in [1.54, 1.807) is 7.11 Å². The van der Waals surface area contributed by atoms with Gasteiger partial charge in [0.05, 0.1) is 25.9 Å². The Bertz CT molecular complexity index is 203. The maximum Gasteiger partial charge on any atom is 0.0700 e. The Morgan fingerprint density at radius 2 is 2.12 bits per heavy atom. The highest BCUT2D eigenvalue weighted by molar-refractivity contribution is 4.93. The second-order valence-electron chi connectivity index (χ2n) is 4.71. The molecule has 1 rings (SSSR count). The van der Waals surface area contributed by atoms with Gasteiger partial charge in [-0.05, 0) is 25.7 Å². The number of methoxy groups -OCH3 is 1. The molecule has 1 aliphatic carbocycles. The first-order valence-electron chi connectivity index (χ1n) is 6.28. The number of aliphatic hydroxyl groups is 1. The molecule has 5 heteroatoms. The summed E-state index contributed by atoms with van der Waals surface area (Å²) >= 11 is 0. The maximum atomic E-state index is 9.12. The van der Waals surface area contributed by atoms with E-state index in [0.717, 1.165) is 25.7 Å². The van der Waals surface area contributed by atoms with Crippen LogP contribution >= 0.6 is 0 Å². The molecule has 2 unspecified atom stereocenters. The van der Waals surface area contributed by atoms with Crippen molar-refractivity contribution in [3.05, 3.63) is 0 Å². The van der Waals surface area contributed by atoms with Crippen molar-refractivity contribution in [3.8, 4) is 0 Å². The second kappa shape index (κ2) is 8.00. The molecular weight excluding hydrogens is 222 g/mol. The summed E-state index contributed by atoms with van der Waals surface area (Å²) in [5, 5.41) is 9.12. The van der Waals surface area contributed by atoms with Crippen LogP contribution in [0, 0.1) is 0 Å². The molecule has 0 aliphatic heterocycles. The fraction of sp³-hybridized carbons (Fsp3) is 1.00. The quantitative estimate of drug-likeness (QED) is 0.573. The molecule has 1 aliphatic rings. The average molecular weight is 247 g/mol. The van der Waals surface area contributed by atoms with Gasteiger partial charge >= 0.3 is 0 Å². The van der Waals surface area contributed by atoms with Crippen LogP contribution in [0.4, 0.5) is 0 Å². The smallest absolute Gasteiger partial charge is 0.0700 e. The van der Waals surface area contributed by atoms with Crippen LogP contribution in [-0.4, -0.2) is 56.9 Å². The summed E-state index contributed by atoms with van der Waals surface area (Å²) in [6.45, 7) is 2.71. The van der Waals surface area contributed by atoms with E-state index in [1.807, 2.05) is 0 Å². The topological polar surface area (TPSA) is 73.9 Å². The summed E-state index contributed by atoms with van der Waals surface area (Å²) < 4.78 is 15.9. The normalized spacial score (nSPS) is 28.8. The van der Waals surface area contributed by atoms with Crippen molar-refractivity contribution in [3.63, 3.8) is 0 Å². The van der Waals surface area contributed by atoms with Gasteiger partial charge in [0.15, 0.2) is 0 Å². The summed E-state index contributed by atoms with van der Waals surface area (Å²) in [6.07, 6.45) is 3.64. The van der Waals surface area contributed by atoms with E-state index in [1.165, 1.54) is 0 Å². The van der Waals surface area contributed by atoms with Crippen LogP contribution in [0.3, 0.4) is 0 Å². The molecule has 0 aromatic carbocycles. The highest BCUT2D eigenvalue weighted by atomic mass is 16.5. The lowest BCUT2D eigenvalue weighted by molar-refractivity contribution is 0.0227. The van der Waals surface area contributed by atoms with Crippen LogP contribution in [0.1, 0.15) is 25.7 Å². The van der Waals surface area contributed by atoms with Gasteiger partial charge in [0, 0.05) is 25.9 Å². The highest BCUT2D eigenvalue weighted by Gasteiger charge is 2.35. The molecule has 0 aromatic heterocycles. The van der Waals surface area contributed by atoms with E-state index in [2.05, 4.69) is 0 Å². The number of ether oxygens (including phenoxy) is 3. The average Bonchev–Trinajstić information content (AvgIpc) is 2.71. The molecule has 0 aromatic rings. The molecule has 0 saturated heterocycles. The monoisotopic (exact) mass is 247 g/mol. The van der Waals surface area contributed by atoms with Gasteiger partial charge in [-0.2, -0.15) is 0 Å². The third kappa shape index (κ3) is 5.79. The van der Waals surface area contributed by atoms with Crippen LogP contribution in [-0.2, 0) is 14.2 Å². The molecule has 0 spiro atoms. The molecule has 102 valence electrons. The van der Waals surface area contributed by atoms with Crippen molar-refractivity contribution >= 4 is 0 Å². The Hall–Kier alpha value is -0.200. The van der Waals surface area contributed by atoms with Crippen molar-refractivity contribution in [2.75, 3.05) is 40.1 Å². The van der Waals surface area contributed by atoms with Crippen LogP contribution in [0.5, 0.6) is 0 Å². The van der Waals surface area contributed by atoms with Crippen molar-refractivity contribution in [2.45, 2.75) is 37.3 Å². The van der Waals surface area contributed by atoms with Gasteiger partial charge < -0.3 is 25.1 Å². The zero-order valence-corrected chi connectivity index (χ0v) is 10.7. The molecule has 2 atom stereocenters. The minimum atomic E-state index is -0.417. The van der Waals surface area contributed by atoms with Gasteiger partial charge in [0.2, 0.25) is 0 Å². The van der Waals surface area contributed by atoms with Gasteiger partial charge in [-0.1, -0.05) is 0 Å². The number of rotatable bonds is 9. The second-order valence-corrected chi connectivity index (χ2v) is 4.71. The molecule has 5 nitrogen and oxygen atoms in total. The number of hydrogen-bond donors (Lipinski definition) is 2. The van der Waals surface area contributed by atoms with Gasteiger partial charge in [-0.3, -0.25) is 0 Å². The summed E-state index contributed by atoms with van der Waals surface area (Å²) in [5.74, 6) is 0. The molecular formula is C12H25NO4. The Morgan fingerprint density at radius 3 is 2.76 bits per heavy atom. The molecule has 0 heterocycles. The molecule has 0 radical (unpaired) electrons. The van der Waals surface area contributed by atoms with E-state index in [9.17, 15) is 0 Å². The van der Waals surface area contributed by atoms with E-state index in [-0.39, 0.29) is 12.7 Å². The Morgan fingerprint density at radius 1 is 1.29 bits per heavy atom. The zero-order valence-electron chi connectivity index (χ0n) is 10.7. The first-order valence-corrected chi connectivity index (χ1v) is 6.28. The zero-order chi connectivity index (χ0) is 12.6. The van der Waals surface area contributed by atoms with E-state index < -0.39 is 5.54 Å². The summed E-state index contributed by atoms with van der Waals surface area (Å²) in [6, 6.07) is 0. The van der Waals surface area contributed by atoms with Gasteiger partial charge in [0.1, 0.15) is 0 Å². The molecule has 17 heavy (non-hydrogen) atoms. The third-order valence-corrected chi connectivity index (χ3v) is 3.13. The lowest BCUT2D eigenvalue weighted by Crippen LogP contribution is -2.41. The fourth-order valence-corrected chi connectivity index (χ4v) is 2.05. The van der Waals surface area contributed by atoms with E-state index >= 15 is 0 Å². The Balaban J connectivity index is 1.94. The van der Waals surface area contributed by atoms with Crippen LogP contribution < -0.4 is 5.73 Å². The molecule has 1 fully saturated rings. The Kier molecular flexibility index (Phi) is 6.99. The van der Waals surface area contributed by atoms with Crippen molar-refractivity contribution < 1.29 is 19.3 Å². The van der Waals surface area contributed by atoms with E-state index in [0.29, 0.717) is 26.4 Å². The first-order chi connectivity index (χ1) is 8.20. The third-order valence-electron chi connectivity index (χ3n) is 3.13. The van der Waals surface area contributed by atoms with E-state index in [4.69, 9.17) is 25.1 Å². The predicted molar refractivity (Wildman–Crippen MR) is 64.9 cm³/mol. The molecule has 1 saturated carbocycles. The Labute approximate surface area is 103 Å². The fourth-order valence-electron chi connectivity index (χ4n) is 2.05. The van der Waals surface area contributed by atoms with Crippen LogP contribution in [0.25, 0.3) is 0 Å². The van der Waals surface area contributed by atoms with Gasteiger partial charge in [-0.15, -0.1) is 0 Å². The minimum absolute atomic E-state index is 0.0486. The largest absolute Gasteiger partial charge is 0.394 e. The van der Waals surface area contributed by atoms with Crippen LogP contribution in [0.15, 0.2) is 0 Å². The lowest BCUT2D eigenvalue weighted by Gasteiger charge is -2.20. The predicted octanol–water partition coefficient (Wildman–Crippen LogP) is 0.298. The van der Waals surface area contributed by atoms with Crippen molar-refractivity contribution in [1.29, 1.82) is 0 Å². The highest BCUT2D eigenvalue weighted by Crippen LogP contribution is 2.29. The van der Waals surface area contributed by atoms with Crippen LogP contribution in [0.2, 0.25) is 0 Å². The lowest BCUT2D eigenvalue weighted by atomic mass is 10.0. The van der Waals surface area contributed by atoms with Gasteiger partial charge in [-0.25, -0.2) is 0 Å². The summed E-state index contributed by atoms with van der Waals surface area (Å²) in [5.41, 5.74) is 5.55. The number of aliphatic hydroxyl groups excluding tert-OH is 1. The van der Waals surface area contributed by atoms with Crippen molar-refractivity contribution in [2.24, 2.45) is 5.73 Å². The SMILES string of the molecule is COCCOCCCOC1CCC(N)(CO)C1. The first kappa shape index (κ1) is 14.9. The molecule has 0 amide bonds. The summed E-state index contributed by atoms with van der Waals surface area (Å²) in [7, 11) is 1.66. The number of hydrogen-bond acceptors (Lipinski definition) is 5. The molecule has 3 N–H and O–H groups in total. The molecule has 0 bridgehead atoms. The maximum absolute atomic E-state index is 9.12. The minimum Gasteiger partial charge on any atom is -0.394 e. The van der Waals surface area contributed by atoms with Gasteiger partial charge in [0.25, 0.3) is 0 Å². The van der Waals surface area contributed by atoms with Crippen molar-refractivity contribution in [1.82, 2.24) is 0 Å². The number of nitrogens with two attached hydrogens (primary N) is 1.